The zero-order valence-electron chi connectivity index (χ0n) is 12.2. The van der Waals surface area contributed by atoms with Gasteiger partial charge in [-0.2, -0.15) is 0 Å². The Morgan fingerprint density at radius 1 is 1.22 bits per heavy atom. The summed E-state index contributed by atoms with van der Waals surface area (Å²) in [5, 5.41) is 0. The van der Waals surface area contributed by atoms with Crippen LogP contribution in [-0.2, 0) is 0 Å². The summed E-state index contributed by atoms with van der Waals surface area (Å²) in [7, 11) is 0. The van der Waals surface area contributed by atoms with Gasteiger partial charge in [-0.25, -0.2) is 0 Å². The molecule has 0 aliphatic carbocycles. The molecular formula is C16H27NO. The Bertz CT molecular complexity index is 354. The van der Waals surface area contributed by atoms with E-state index in [1.807, 2.05) is 25.1 Å². The Kier molecular flexibility index (Phi) is 5.67. The zero-order valence-corrected chi connectivity index (χ0v) is 12.2. The lowest BCUT2D eigenvalue weighted by molar-refractivity contribution is 0.329. The van der Waals surface area contributed by atoms with Gasteiger partial charge in [0.05, 0.1) is 6.61 Å². The van der Waals surface area contributed by atoms with Gasteiger partial charge in [0.15, 0.2) is 0 Å². The number of hydrogen-bond acceptors (Lipinski definition) is 2. The largest absolute Gasteiger partial charge is 0.494 e. The fraction of sp³-hybridized carbons (Fsp3) is 0.625. The minimum absolute atomic E-state index is 0.0788. The van der Waals surface area contributed by atoms with Gasteiger partial charge in [-0.15, -0.1) is 0 Å². The van der Waals surface area contributed by atoms with Gasteiger partial charge in [-0.3, -0.25) is 0 Å². The maximum Gasteiger partial charge on any atom is 0.124 e. The quantitative estimate of drug-likeness (QED) is 0.815. The fourth-order valence-corrected chi connectivity index (χ4v) is 2.08. The number of hydrogen-bond donors (Lipinski definition) is 1. The van der Waals surface area contributed by atoms with E-state index < -0.39 is 0 Å². The molecule has 0 aliphatic rings. The average molecular weight is 249 g/mol. The highest BCUT2D eigenvalue weighted by Gasteiger charge is 2.14. The summed E-state index contributed by atoms with van der Waals surface area (Å²) in [5.41, 5.74) is 7.80. The second kappa shape index (κ2) is 6.79. The van der Waals surface area contributed by atoms with Gasteiger partial charge in [-0.05, 0) is 31.2 Å². The van der Waals surface area contributed by atoms with Crippen molar-refractivity contribution in [2.45, 2.75) is 53.0 Å². The molecule has 18 heavy (non-hydrogen) atoms. The van der Waals surface area contributed by atoms with Crippen LogP contribution in [0.3, 0.4) is 0 Å². The minimum atomic E-state index is 0.0788. The lowest BCUT2D eigenvalue weighted by atomic mass is 9.88. The Hall–Kier alpha value is -1.02. The van der Waals surface area contributed by atoms with E-state index in [-0.39, 0.29) is 6.04 Å². The van der Waals surface area contributed by atoms with Crippen LogP contribution in [0.15, 0.2) is 24.3 Å². The Balaban J connectivity index is 2.58. The molecule has 2 nitrogen and oxygen atoms in total. The molecule has 1 unspecified atom stereocenters. The monoisotopic (exact) mass is 249 g/mol. The van der Waals surface area contributed by atoms with Gasteiger partial charge in [0.25, 0.3) is 0 Å². The molecule has 0 radical (unpaired) electrons. The van der Waals surface area contributed by atoms with Crippen LogP contribution in [0.5, 0.6) is 5.75 Å². The molecule has 0 spiro atoms. The second-order valence-corrected chi connectivity index (χ2v) is 6.03. The lowest BCUT2D eigenvalue weighted by Crippen LogP contribution is -2.13. The molecule has 2 N–H and O–H groups in total. The van der Waals surface area contributed by atoms with Gasteiger partial charge in [0.1, 0.15) is 5.75 Å². The van der Waals surface area contributed by atoms with Crippen molar-refractivity contribution in [2.24, 2.45) is 11.1 Å². The number of ether oxygens (including phenoxy) is 1. The number of rotatable bonds is 6. The summed E-state index contributed by atoms with van der Waals surface area (Å²) in [6, 6.07) is 8.18. The molecule has 102 valence electrons. The van der Waals surface area contributed by atoms with Crippen LogP contribution >= 0.6 is 0 Å². The molecule has 0 saturated carbocycles. The van der Waals surface area contributed by atoms with Crippen molar-refractivity contribution in [2.75, 3.05) is 6.61 Å². The van der Waals surface area contributed by atoms with Crippen molar-refractivity contribution < 1.29 is 4.74 Å². The molecule has 1 rings (SSSR count). The van der Waals surface area contributed by atoms with Crippen molar-refractivity contribution >= 4 is 0 Å². The van der Waals surface area contributed by atoms with E-state index in [4.69, 9.17) is 10.5 Å². The molecule has 2 heteroatoms. The molecule has 0 aromatic heterocycles. The van der Waals surface area contributed by atoms with Crippen LogP contribution in [-0.4, -0.2) is 6.61 Å². The van der Waals surface area contributed by atoms with E-state index in [9.17, 15) is 0 Å². The molecule has 0 saturated heterocycles. The third-order valence-electron chi connectivity index (χ3n) is 3.06. The molecule has 0 fully saturated rings. The van der Waals surface area contributed by atoms with E-state index in [2.05, 4.69) is 26.8 Å². The molecule has 1 aromatic rings. The van der Waals surface area contributed by atoms with Gasteiger partial charge < -0.3 is 10.5 Å². The van der Waals surface area contributed by atoms with Gasteiger partial charge in [-0.1, -0.05) is 45.4 Å². The minimum Gasteiger partial charge on any atom is -0.494 e. The van der Waals surface area contributed by atoms with E-state index in [1.165, 1.54) is 6.42 Å². The summed E-state index contributed by atoms with van der Waals surface area (Å²) < 4.78 is 5.63. The molecular weight excluding hydrogens is 222 g/mol. The highest BCUT2D eigenvalue weighted by Crippen LogP contribution is 2.29. The maximum atomic E-state index is 6.28. The third kappa shape index (κ3) is 5.09. The third-order valence-corrected chi connectivity index (χ3v) is 3.06. The first-order chi connectivity index (χ1) is 8.44. The molecule has 1 atom stereocenters. The van der Waals surface area contributed by atoms with Crippen LogP contribution in [0, 0.1) is 5.41 Å². The zero-order chi connectivity index (χ0) is 13.6. The molecule has 0 bridgehead atoms. The number of para-hydroxylation sites is 1. The smallest absolute Gasteiger partial charge is 0.124 e. The summed E-state index contributed by atoms with van der Waals surface area (Å²) in [6.07, 6.45) is 3.38. The van der Waals surface area contributed by atoms with Crippen LogP contribution in [0.4, 0.5) is 0 Å². The molecule has 0 amide bonds. The van der Waals surface area contributed by atoms with Crippen molar-refractivity contribution in [3.8, 4) is 5.75 Å². The van der Waals surface area contributed by atoms with Crippen molar-refractivity contribution in [3.05, 3.63) is 29.8 Å². The van der Waals surface area contributed by atoms with Crippen molar-refractivity contribution in [1.82, 2.24) is 0 Å². The van der Waals surface area contributed by atoms with Crippen LogP contribution < -0.4 is 10.5 Å². The number of nitrogens with two attached hydrogens (primary N) is 1. The van der Waals surface area contributed by atoms with Crippen LogP contribution in [0.25, 0.3) is 0 Å². The predicted octanol–water partition coefficient (Wildman–Crippen LogP) is 4.30. The van der Waals surface area contributed by atoms with E-state index >= 15 is 0 Å². The SMILES string of the molecule is CCOc1ccccc1C(N)CCCC(C)(C)C. The van der Waals surface area contributed by atoms with Crippen molar-refractivity contribution in [3.63, 3.8) is 0 Å². The lowest BCUT2D eigenvalue weighted by Gasteiger charge is -2.20. The first kappa shape index (κ1) is 15.0. The Morgan fingerprint density at radius 3 is 2.50 bits per heavy atom. The summed E-state index contributed by atoms with van der Waals surface area (Å²) in [6.45, 7) is 9.50. The van der Waals surface area contributed by atoms with Crippen LogP contribution in [0.1, 0.15) is 58.6 Å². The normalized spacial score (nSPS) is 13.4. The molecule has 0 heterocycles. The Morgan fingerprint density at radius 2 is 1.89 bits per heavy atom. The first-order valence-corrected chi connectivity index (χ1v) is 6.91. The number of benzene rings is 1. The highest BCUT2D eigenvalue weighted by atomic mass is 16.5. The summed E-state index contributed by atoms with van der Waals surface area (Å²) in [5.74, 6) is 0.934. The second-order valence-electron chi connectivity index (χ2n) is 6.03. The van der Waals surface area contributed by atoms with E-state index in [0.29, 0.717) is 12.0 Å². The van der Waals surface area contributed by atoms with Gasteiger partial charge in [0, 0.05) is 11.6 Å². The predicted molar refractivity (Wildman–Crippen MR) is 77.8 cm³/mol. The molecule has 0 aliphatic heterocycles. The Labute approximate surface area is 112 Å². The van der Waals surface area contributed by atoms with E-state index in [1.54, 1.807) is 0 Å². The summed E-state index contributed by atoms with van der Waals surface area (Å²) in [4.78, 5) is 0. The van der Waals surface area contributed by atoms with Crippen molar-refractivity contribution in [1.29, 1.82) is 0 Å². The van der Waals surface area contributed by atoms with E-state index in [0.717, 1.165) is 24.2 Å². The fourth-order valence-electron chi connectivity index (χ4n) is 2.08. The first-order valence-electron chi connectivity index (χ1n) is 6.91. The summed E-state index contributed by atoms with van der Waals surface area (Å²) >= 11 is 0. The topological polar surface area (TPSA) is 35.2 Å². The standard InChI is InChI=1S/C16H27NO/c1-5-18-15-11-7-6-9-13(15)14(17)10-8-12-16(2,3)4/h6-7,9,11,14H,5,8,10,12,17H2,1-4H3. The highest BCUT2D eigenvalue weighted by molar-refractivity contribution is 5.35. The van der Waals surface area contributed by atoms with Gasteiger partial charge >= 0.3 is 0 Å². The molecule has 1 aromatic carbocycles. The average Bonchev–Trinajstić information content (AvgIpc) is 2.28. The van der Waals surface area contributed by atoms with Gasteiger partial charge in [0.2, 0.25) is 0 Å². The van der Waals surface area contributed by atoms with Crippen LogP contribution in [0.2, 0.25) is 0 Å². The maximum absolute atomic E-state index is 6.28.